The summed E-state index contributed by atoms with van der Waals surface area (Å²) in [6.45, 7) is 3.63. The van der Waals surface area contributed by atoms with E-state index in [1.165, 1.54) is 0 Å². The molecule has 0 saturated heterocycles. The zero-order valence-corrected chi connectivity index (χ0v) is 13.2. The van der Waals surface area contributed by atoms with Gasteiger partial charge in [-0.05, 0) is 24.0 Å². The van der Waals surface area contributed by atoms with Crippen molar-refractivity contribution in [3.8, 4) is 0 Å². The van der Waals surface area contributed by atoms with Crippen LogP contribution in [0.1, 0.15) is 23.6 Å². The van der Waals surface area contributed by atoms with E-state index in [2.05, 4.69) is 11.9 Å². The normalized spacial score (nSPS) is 13.1. The fourth-order valence-corrected chi connectivity index (χ4v) is 2.59. The Morgan fingerprint density at radius 1 is 1.09 bits per heavy atom. The number of carbonyl (C=O) groups is 1. The first-order valence-electron chi connectivity index (χ1n) is 7.85. The lowest BCUT2D eigenvalue weighted by atomic mass is 9.94. The highest BCUT2D eigenvalue weighted by molar-refractivity contribution is 5.79. The van der Waals surface area contributed by atoms with Gasteiger partial charge in [0, 0.05) is 5.92 Å². The van der Waals surface area contributed by atoms with Gasteiger partial charge in [-0.25, -0.2) is 0 Å². The lowest BCUT2D eigenvalue weighted by molar-refractivity contribution is -0.126. The molecule has 0 fully saturated rings. The fraction of sp³-hybridized carbons (Fsp3) is 0.250. The van der Waals surface area contributed by atoms with E-state index in [4.69, 9.17) is 0 Å². The second kappa shape index (κ2) is 8.91. The highest BCUT2D eigenvalue weighted by Gasteiger charge is 2.21. The molecule has 1 amide bonds. The minimum Gasteiger partial charge on any atom is -0.394 e. The topological polar surface area (TPSA) is 49.3 Å². The van der Waals surface area contributed by atoms with Crippen LogP contribution in [0, 0.1) is 5.92 Å². The van der Waals surface area contributed by atoms with Crippen LogP contribution in [0.5, 0.6) is 0 Å². The summed E-state index contributed by atoms with van der Waals surface area (Å²) in [6, 6.07) is 19.1. The third-order valence-corrected chi connectivity index (χ3v) is 3.85. The number of carbonyl (C=O) groups excluding carboxylic acids is 1. The van der Waals surface area contributed by atoms with Crippen LogP contribution in [-0.2, 0) is 11.2 Å². The monoisotopic (exact) mass is 309 g/mol. The summed E-state index contributed by atoms with van der Waals surface area (Å²) in [6.07, 6.45) is 3.03. The molecule has 0 aliphatic carbocycles. The van der Waals surface area contributed by atoms with E-state index < -0.39 is 0 Å². The number of amides is 1. The van der Waals surface area contributed by atoms with E-state index in [0.717, 1.165) is 11.1 Å². The number of allylic oxidation sites excluding steroid dienone is 1. The van der Waals surface area contributed by atoms with Crippen LogP contribution in [0.2, 0.25) is 0 Å². The molecule has 2 aromatic carbocycles. The molecule has 0 aromatic heterocycles. The van der Waals surface area contributed by atoms with Gasteiger partial charge in [-0.3, -0.25) is 4.79 Å². The molecule has 2 N–H and O–H groups in total. The predicted octanol–water partition coefficient (Wildman–Crippen LogP) is 3.27. The van der Waals surface area contributed by atoms with Gasteiger partial charge in [-0.2, -0.15) is 0 Å². The van der Waals surface area contributed by atoms with Crippen LogP contribution in [0.25, 0.3) is 0 Å². The van der Waals surface area contributed by atoms with Gasteiger partial charge in [0.2, 0.25) is 5.91 Å². The van der Waals surface area contributed by atoms with Crippen LogP contribution < -0.4 is 5.32 Å². The summed E-state index contributed by atoms with van der Waals surface area (Å²) >= 11 is 0. The van der Waals surface area contributed by atoms with Crippen molar-refractivity contribution in [2.45, 2.75) is 18.9 Å². The predicted molar refractivity (Wildman–Crippen MR) is 92.9 cm³/mol. The van der Waals surface area contributed by atoms with Gasteiger partial charge in [-0.15, -0.1) is 6.58 Å². The maximum absolute atomic E-state index is 12.6. The number of nitrogens with one attached hydrogen (secondary N) is 1. The number of hydrogen-bond donors (Lipinski definition) is 2. The molecule has 3 heteroatoms. The van der Waals surface area contributed by atoms with E-state index in [9.17, 15) is 9.90 Å². The van der Waals surface area contributed by atoms with E-state index >= 15 is 0 Å². The van der Waals surface area contributed by atoms with Crippen LogP contribution in [0.3, 0.4) is 0 Å². The van der Waals surface area contributed by atoms with Gasteiger partial charge < -0.3 is 10.4 Å². The molecule has 0 saturated carbocycles. The van der Waals surface area contributed by atoms with Crippen molar-refractivity contribution in [3.63, 3.8) is 0 Å². The average molecular weight is 309 g/mol. The Balaban J connectivity index is 2.06. The standard InChI is InChI=1S/C20H23NO2/c1-2-9-18(14-16-10-5-3-6-11-16)20(23)21-19(15-22)17-12-7-4-8-13-17/h2-8,10-13,18-19,22H,1,9,14-15H2,(H,21,23)/t18-,19+/m1/s1. The third kappa shape index (κ3) is 5.08. The molecule has 0 heterocycles. The Morgan fingerprint density at radius 2 is 1.70 bits per heavy atom. The molecule has 0 aliphatic heterocycles. The number of aliphatic hydroxyl groups is 1. The summed E-state index contributed by atoms with van der Waals surface area (Å²) in [5.74, 6) is -0.246. The summed E-state index contributed by atoms with van der Waals surface area (Å²) in [5.41, 5.74) is 2.02. The molecule has 0 radical (unpaired) electrons. The van der Waals surface area contributed by atoms with Gasteiger partial charge in [0.15, 0.2) is 0 Å². The quantitative estimate of drug-likeness (QED) is 0.735. The van der Waals surface area contributed by atoms with Crippen molar-refractivity contribution >= 4 is 5.91 Å². The summed E-state index contributed by atoms with van der Waals surface area (Å²) in [7, 11) is 0. The first kappa shape index (κ1) is 17.0. The Kier molecular flexibility index (Phi) is 6.57. The smallest absolute Gasteiger partial charge is 0.224 e. The second-order valence-corrected chi connectivity index (χ2v) is 5.57. The minimum atomic E-state index is -0.383. The van der Waals surface area contributed by atoms with E-state index in [-0.39, 0.29) is 24.5 Å². The summed E-state index contributed by atoms with van der Waals surface area (Å²) in [5, 5.41) is 12.5. The van der Waals surface area contributed by atoms with E-state index in [0.29, 0.717) is 12.8 Å². The molecule has 3 nitrogen and oxygen atoms in total. The molecule has 2 atom stereocenters. The van der Waals surface area contributed by atoms with Crippen LogP contribution in [0.15, 0.2) is 73.3 Å². The van der Waals surface area contributed by atoms with Crippen molar-refractivity contribution in [2.24, 2.45) is 5.92 Å². The first-order valence-corrected chi connectivity index (χ1v) is 7.85. The molecule has 23 heavy (non-hydrogen) atoms. The molecule has 0 aliphatic rings. The molecule has 0 unspecified atom stereocenters. The summed E-state index contributed by atoms with van der Waals surface area (Å²) < 4.78 is 0. The molecule has 0 spiro atoms. The minimum absolute atomic E-state index is 0.0587. The lowest BCUT2D eigenvalue weighted by Crippen LogP contribution is -2.36. The molecular formula is C20H23NO2. The number of aliphatic hydroxyl groups excluding tert-OH is 1. The Hall–Kier alpha value is -2.39. The van der Waals surface area contributed by atoms with Crippen LogP contribution in [0.4, 0.5) is 0 Å². The fourth-order valence-electron chi connectivity index (χ4n) is 2.59. The van der Waals surface area contributed by atoms with E-state index in [1.54, 1.807) is 6.08 Å². The molecular weight excluding hydrogens is 286 g/mol. The Labute approximate surface area is 137 Å². The first-order chi connectivity index (χ1) is 11.2. The maximum atomic E-state index is 12.6. The van der Waals surface area contributed by atoms with Crippen molar-refractivity contribution in [3.05, 3.63) is 84.4 Å². The number of hydrogen-bond acceptors (Lipinski definition) is 2. The SMILES string of the molecule is C=CC[C@H](Cc1ccccc1)C(=O)N[C@@H](CO)c1ccccc1. The average Bonchev–Trinajstić information content (AvgIpc) is 2.60. The summed E-state index contributed by atoms with van der Waals surface area (Å²) in [4.78, 5) is 12.6. The second-order valence-electron chi connectivity index (χ2n) is 5.57. The number of benzene rings is 2. The molecule has 2 rings (SSSR count). The highest BCUT2D eigenvalue weighted by Crippen LogP contribution is 2.17. The van der Waals surface area contributed by atoms with Gasteiger partial charge in [-0.1, -0.05) is 66.7 Å². The maximum Gasteiger partial charge on any atom is 0.224 e. The molecule has 2 aromatic rings. The van der Waals surface area contributed by atoms with E-state index in [1.807, 2.05) is 60.7 Å². The Bertz CT molecular complexity index is 610. The van der Waals surface area contributed by atoms with Crippen LogP contribution in [-0.4, -0.2) is 17.6 Å². The molecule has 120 valence electrons. The van der Waals surface area contributed by atoms with Gasteiger partial charge >= 0.3 is 0 Å². The lowest BCUT2D eigenvalue weighted by Gasteiger charge is -2.21. The van der Waals surface area contributed by atoms with Crippen molar-refractivity contribution < 1.29 is 9.90 Å². The molecule has 0 bridgehead atoms. The third-order valence-electron chi connectivity index (χ3n) is 3.85. The highest BCUT2D eigenvalue weighted by atomic mass is 16.3. The van der Waals surface area contributed by atoms with Gasteiger partial charge in [0.25, 0.3) is 0 Å². The zero-order chi connectivity index (χ0) is 16.5. The number of rotatable bonds is 8. The van der Waals surface area contributed by atoms with Gasteiger partial charge in [0.05, 0.1) is 12.6 Å². The Morgan fingerprint density at radius 3 is 2.26 bits per heavy atom. The van der Waals surface area contributed by atoms with Crippen molar-refractivity contribution in [2.75, 3.05) is 6.61 Å². The van der Waals surface area contributed by atoms with Crippen molar-refractivity contribution in [1.29, 1.82) is 0 Å². The van der Waals surface area contributed by atoms with Crippen LogP contribution >= 0.6 is 0 Å². The van der Waals surface area contributed by atoms with Gasteiger partial charge in [0.1, 0.15) is 0 Å². The van der Waals surface area contributed by atoms with Crippen molar-refractivity contribution in [1.82, 2.24) is 5.32 Å². The largest absolute Gasteiger partial charge is 0.394 e. The zero-order valence-electron chi connectivity index (χ0n) is 13.2.